The normalized spacial score (nSPS) is 24.5. The van der Waals surface area contributed by atoms with E-state index >= 15 is 0 Å². The highest BCUT2D eigenvalue weighted by Crippen LogP contribution is 2.33. The Labute approximate surface area is 102 Å². The SMILES string of the molecule is C[C@@H]1N[C@@H](CO)Cc2c1cccc2C(C)(C)O. The first-order chi connectivity index (χ1) is 7.93. The largest absolute Gasteiger partial charge is 0.395 e. The van der Waals surface area contributed by atoms with Gasteiger partial charge in [0.25, 0.3) is 0 Å². The van der Waals surface area contributed by atoms with Crippen LogP contribution in [-0.4, -0.2) is 22.9 Å². The van der Waals surface area contributed by atoms with Crippen LogP contribution in [0.3, 0.4) is 0 Å². The van der Waals surface area contributed by atoms with Gasteiger partial charge in [0.1, 0.15) is 0 Å². The molecule has 1 aromatic rings. The summed E-state index contributed by atoms with van der Waals surface area (Å²) in [4.78, 5) is 0. The van der Waals surface area contributed by atoms with E-state index in [-0.39, 0.29) is 18.7 Å². The van der Waals surface area contributed by atoms with Crippen LogP contribution in [0, 0.1) is 0 Å². The van der Waals surface area contributed by atoms with Crippen molar-refractivity contribution in [3.8, 4) is 0 Å². The van der Waals surface area contributed by atoms with Gasteiger partial charge in [-0.3, -0.25) is 0 Å². The molecule has 0 amide bonds. The van der Waals surface area contributed by atoms with E-state index < -0.39 is 5.60 Å². The van der Waals surface area contributed by atoms with Crippen molar-refractivity contribution < 1.29 is 10.2 Å². The number of hydrogen-bond donors (Lipinski definition) is 3. The van der Waals surface area contributed by atoms with Gasteiger partial charge >= 0.3 is 0 Å². The minimum Gasteiger partial charge on any atom is -0.395 e. The van der Waals surface area contributed by atoms with Gasteiger partial charge < -0.3 is 15.5 Å². The summed E-state index contributed by atoms with van der Waals surface area (Å²) >= 11 is 0. The summed E-state index contributed by atoms with van der Waals surface area (Å²) < 4.78 is 0. The van der Waals surface area contributed by atoms with E-state index in [4.69, 9.17) is 0 Å². The van der Waals surface area contributed by atoms with E-state index in [0.717, 1.165) is 12.0 Å². The van der Waals surface area contributed by atoms with E-state index in [1.54, 1.807) is 0 Å². The lowest BCUT2D eigenvalue weighted by molar-refractivity contribution is 0.0767. The van der Waals surface area contributed by atoms with Crippen LogP contribution in [0.15, 0.2) is 18.2 Å². The number of nitrogens with one attached hydrogen (secondary N) is 1. The van der Waals surface area contributed by atoms with Crippen LogP contribution in [0.2, 0.25) is 0 Å². The predicted molar refractivity (Wildman–Crippen MR) is 67.8 cm³/mol. The van der Waals surface area contributed by atoms with Gasteiger partial charge in [-0.05, 0) is 43.9 Å². The third-order valence-electron chi connectivity index (χ3n) is 3.49. The Balaban J connectivity index is 2.49. The molecule has 1 aliphatic rings. The van der Waals surface area contributed by atoms with Crippen LogP contribution in [0.25, 0.3) is 0 Å². The van der Waals surface area contributed by atoms with Crippen molar-refractivity contribution in [2.75, 3.05) is 6.61 Å². The van der Waals surface area contributed by atoms with Gasteiger partial charge in [0.2, 0.25) is 0 Å². The number of hydrogen-bond acceptors (Lipinski definition) is 3. The fourth-order valence-corrected chi connectivity index (χ4v) is 2.68. The highest BCUT2D eigenvalue weighted by atomic mass is 16.3. The molecule has 0 unspecified atom stereocenters. The van der Waals surface area contributed by atoms with Crippen LogP contribution >= 0.6 is 0 Å². The van der Waals surface area contributed by atoms with E-state index in [0.29, 0.717) is 0 Å². The van der Waals surface area contributed by atoms with Crippen molar-refractivity contribution in [3.63, 3.8) is 0 Å². The quantitative estimate of drug-likeness (QED) is 0.728. The standard InChI is InChI=1S/C14H21NO2/c1-9-11-5-4-6-13(14(2,3)17)12(11)7-10(8-16)15-9/h4-6,9-10,15-17H,7-8H2,1-3H3/t9-,10+/m0/s1. The topological polar surface area (TPSA) is 52.5 Å². The second-order valence-corrected chi connectivity index (χ2v) is 5.40. The van der Waals surface area contributed by atoms with Crippen LogP contribution in [0.1, 0.15) is 43.5 Å². The maximum absolute atomic E-state index is 10.2. The number of fused-ring (bicyclic) bond motifs is 1. The average Bonchev–Trinajstić information content (AvgIpc) is 2.26. The van der Waals surface area contributed by atoms with Crippen LogP contribution < -0.4 is 5.32 Å². The van der Waals surface area contributed by atoms with Crippen molar-refractivity contribution in [1.29, 1.82) is 0 Å². The molecule has 0 saturated carbocycles. The zero-order chi connectivity index (χ0) is 12.6. The van der Waals surface area contributed by atoms with Gasteiger partial charge in [0.15, 0.2) is 0 Å². The molecule has 2 rings (SSSR count). The van der Waals surface area contributed by atoms with Crippen molar-refractivity contribution >= 4 is 0 Å². The summed E-state index contributed by atoms with van der Waals surface area (Å²) in [5, 5.41) is 22.9. The first-order valence-electron chi connectivity index (χ1n) is 6.15. The Morgan fingerprint density at radius 3 is 2.71 bits per heavy atom. The lowest BCUT2D eigenvalue weighted by atomic mass is 9.82. The van der Waals surface area contributed by atoms with Crippen LogP contribution in [0.5, 0.6) is 0 Å². The molecule has 1 aromatic carbocycles. The summed E-state index contributed by atoms with van der Waals surface area (Å²) in [7, 11) is 0. The van der Waals surface area contributed by atoms with Gasteiger partial charge in [-0.2, -0.15) is 0 Å². The Morgan fingerprint density at radius 1 is 1.41 bits per heavy atom. The fraction of sp³-hybridized carbons (Fsp3) is 0.571. The van der Waals surface area contributed by atoms with Crippen LogP contribution in [-0.2, 0) is 12.0 Å². The first kappa shape index (κ1) is 12.6. The highest BCUT2D eigenvalue weighted by Gasteiger charge is 2.29. The first-order valence-corrected chi connectivity index (χ1v) is 6.15. The second kappa shape index (κ2) is 4.41. The van der Waals surface area contributed by atoms with Crippen LogP contribution in [0.4, 0.5) is 0 Å². The smallest absolute Gasteiger partial charge is 0.0843 e. The maximum Gasteiger partial charge on any atom is 0.0843 e. The molecule has 0 aromatic heterocycles. The molecule has 1 heterocycles. The lowest BCUT2D eigenvalue weighted by Gasteiger charge is -2.34. The zero-order valence-electron chi connectivity index (χ0n) is 10.7. The number of benzene rings is 1. The number of aliphatic hydroxyl groups is 2. The molecular weight excluding hydrogens is 214 g/mol. The van der Waals surface area contributed by atoms with E-state index in [9.17, 15) is 10.2 Å². The molecule has 2 atom stereocenters. The Hall–Kier alpha value is -0.900. The molecule has 0 fully saturated rings. The third-order valence-corrected chi connectivity index (χ3v) is 3.49. The van der Waals surface area contributed by atoms with Gasteiger partial charge in [-0.25, -0.2) is 0 Å². The number of rotatable bonds is 2. The zero-order valence-corrected chi connectivity index (χ0v) is 10.7. The van der Waals surface area contributed by atoms with Crippen molar-refractivity contribution in [2.24, 2.45) is 0 Å². The Kier molecular flexibility index (Phi) is 3.25. The molecule has 0 saturated heterocycles. The summed E-state index contributed by atoms with van der Waals surface area (Å²) in [5.74, 6) is 0. The van der Waals surface area contributed by atoms with Crippen molar-refractivity contribution in [1.82, 2.24) is 5.32 Å². The number of aliphatic hydroxyl groups excluding tert-OH is 1. The lowest BCUT2D eigenvalue weighted by Crippen LogP contribution is -2.41. The molecule has 94 valence electrons. The summed E-state index contributed by atoms with van der Waals surface area (Å²) in [6.45, 7) is 5.84. The molecule has 3 N–H and O–H groups in total. The van der Waals surface area contributed by atoms with Gasteiger partial charge in [-0.15, -0.1) is 0 Å². The molecule has 0 radical (unpaired) electrons. The van der Waals surface area contributed by atoms with Crippen molar-refractivity contribution in [2.45, 2.75) is 44.9 Å². The average molecular weight is 235 g/mol. The van der Waals surface area contributed by atoms with Crippen molar-refractivity contribution in [3.05, 3.63) is 34.9 Å². The Bertz CT molecular complexity index is 409. The van der Waals surface area contributed by atoms with Gasteiger partial charge in [0, 0.05) is 12.1 Å². The third kappa shape index (κ3) is 2.37. The molecule has 1 aliphatic heterocycles. The molecule has 17 heavy (non-hydrogen) atoms. The second-order valence-electron chi connectivity index (χ2n) is 5.40. The minimum atomic E-state index is -0.831. The maximum atomic E-state index is 10.2. The highest BCUT2D eigenvalue weighted by molar-refractivity contribution is 5.42. The van der Waals surface area contributed by atoms with Gasteiger partial charge in [-0.1, -0.05) is 18.2 Å². The van der Waals surface area contributed by atoms with E-state index in [1.807, 2.05) is 26.0 Å². The van der Waals surface area contributed by atoms with Gasteiger partial charge in [0.05, 0.1) is 12.2 Å². The summed E-state index contributed by atoms with van der Waals surface area (Å²) in [5.41, 5.74) is 2.56. The summed E-state index contributed by atoms with van der Waals surface area (Å²) in [6, 6.07) is 6.37. The summed E-state index contributed by atoms with van der Waals surface area (Å²) in [6.07, 6.45) is 0.774. The molecule has 0 spiro atoms. The minimum absolute atomic E-state index is 0.0843. The van der Waals surface area contributed by atoms with E-state index in [1.165, 1.54) is 11.1 Å². The molecule has 0 aliphatic carbocycles. The molecule has 3 nitrogen and oxygen atoms in total. The molecular formula is C14H21NO2. The monoisotopic (exact) mass is 235 g/mol. The van der Waals surface area contributed by atoms with E-state index in [2.05, 4.69) is 18.3 Å². The Morgan fingerprint density at radius 2 is 2.12 bits per heavy atom. The molecule has 0 bridgehead atoms. The fourth-order valence-electron chi connectivity index (χ4n) is 2.68. The molecule has 3 heteroatoms. The predicted octanol–water partition coefficient (Wildman–Crippen LogP) is 1.48.